The summed E-state index contributed by atoms with van der Waals surface area (Å²) in [5.74, 6) is 0. The van der Waals surface area contributed by atoms with Gasteiger partial charge in [-0.3, -0.25) is 0 Å². The van der Waals surface area contributed by atoms with Crippen molar-refractivity contribution < 1.29 is 0 Å². The highest BCUT2D eigenvalue weighted by atomic mass is 32.1. The molecule has 0 atom stereocenters. The van der Waals surface area contributed by atoms with Crippen LogP contribution in [0.3, 0.4) is 0 Å². The Morgan fingerprint density at radius 1 is 0.185 bits per heavy atom. The molecule has 0 radical (unpaired) electrons. The van der Waals surface area contributed by atoms with Crippen molar-refractivity contribution in [3.05, 3.63) is 340 Å². The van der Waals surface area contributed by atoms with Gasteiger partial charge in [-0.25, -0.2) is 0 Å². The summed E-state index contributed by atoms with van der Waals surface area (Å²) >= 11 is 3.76. The summed E-state index contributed by atoms with van der Waals surface area (Å²) in [6, 6.07) is 126. The van der Waals surface area contributed by atoms with Gasteiger partial charge < -0.3 is 9.80 Å². The zero-order valence-electron chi connectivity index (χ0n) is 50.0. The Kier molecular flexibility index (Phi) is 13.0. The van der Waals surface area contributed by atoms with Crippen molar-refractivity contribution in [3.8, 4) is 55.6 Å². The van der Waals surface area contributed by atoms with Crippen molar-refractivity contribution in [1.82, 2.24) is 0 Å². The fourth-order valence-corrected chi connectivity index (χ4v) is 16.6. The molecule has 0 aliphatic carbocycles. The molecule has 0 spiro atoms. The predicted octanol–water partition coefficient (Wildman–Crippen LogP) is 26.3. The number of anilines is 6. The van der Waals surface area contributed by atoms with Crippen LogP contribution in [0.2, 0.25) is 0 Å². The molecule has 2 heterocycles. The summed E-state index contributed by atoms with van der Waals surface area (Å²) in [6.45, 7) is 0. The van der Waals surface area contributed by atoms with E-state index in [4.69, 9.17) is 0 Å². The Bertz CT molecular complexity index is 5890. The monoisotopic (exact) mass is 1200 g/mol. The minimum Gasteiger partial charge on any atom is -0.310 e. The molecule has 430 valence electrons. The highest BCUT2D eigenvalue weighted by Gasteiger charge is 2.22. The van der Waals surface area contributed by atoms with Crippen LogP contribution in [-0.4, -0.2) is 0 Å². The van der Waals surface area contributed by atoms with Crippen molar-refractivity contribution in [2.75, 3.05) is 9.80 Å². The number of nitrogens with zero attached hydrogens (tertiary/aromatic N) is 2. The topological polar surface area (TPSA) is 6.48 Å². The minimum atomic E-state index is 1.09. The smallest absolute Gasteiger partial charge is 0.0540 e. The van der Waals surface area contributed by atoms with Gasteiger partial charge in [-0.15, -0.1) is 22.7 Å². The SMILES string of the molecule is c1ccc(-c2cccc(N(c3ccc(-c4cc(-c5ccc6ccc7cc(N(c8ccc(-c9cccc%10c9sc9ccccc9%10)cc8)c8ccccc8-c8ccccc8)ccc7c6c5)cc5c4sc4ccccc45)cc3)c3ccc4c(ccc5ccccc54)c3)c2)cc1. The van der Waals surface area contributed by atoms with E-state index >= 15 is 0 Å². The highest BCUT2D eigenvalue weighted by Crippen LogP contribution is 2.48. The Balaban J connectivity index is 0.740. The molecular formula is C88H56N2S2. The van der Waals surface area contributed by atoms with Gasteiger partial charge in [-0.05, 0) is 185 Å². The summed E-state index contributed by atoms with van der Waals surface area (Å²) in [6.07, 6.45) is 0. The molecule has 0 saturated carbocycles. The first-order valence-corrected chi connectivity index (χ1v) is 33.1. The average Bonchev–Trinajstić information content (AvgIpc) is 1.54. The maximum absolute atomic E-state index is 2.44. The molecular weight excluding hydrogens is 1150 g/mol. The van der Waals surface area contributed by atoms with E-state index < -0.39 is 0 Å². The number of para-hydroxylation sites is 1. The molecule has 16 aromatic carbocycles. The Morgan fingerprint density at radius 3 is 1.35 bits per heavy atom. The lowest BCUT2D eigenvalue weighted by atomic mass is 9.93. The van der Waals surface area contributed by atoms with Crippen LogP contribution in [-0.2, 0) is 0 Å². The van der Waals surface area contributed by atoms with Crippen LogP contribution >= 0.6 is 22.7 Å². The molecule has 0 fully saturated rings. The van der Waals surface area contributed by atoms with Crippen LogP contribution in [0.25, 0.3) is 139 Å². The molecule has 2 aromatic heterocycles. The molecule has 0 bridgehead atoms. The molecule has 0 aliphatic rings. The summed E-state index contributed by atoms with van der Waals surface area (Å²) in [5, 5.41) is 15.0. The Labute approximate surface area is 541 Å². The first kappa shape index (κ1) is 53.6. The van der Waals surface area contributed by atoms with Crippen LogP contribution in [0.4, 0.5) is 34.1 Å². The molecule has 4 heteroatoms. The lowest BCUT2D eigenvalue weighted by molar-refractivity contribution is 1.29. The van der Waals surface area contributed by atoms with Crippen molar-refractivity contribution >= 4 is 140 Å². The van der Waals surface area contributed by atoms with Gasteiger partial charge >= 0.3 is 0 Å². The molecule has 18 rings (SSSR count). The first-order chi connectivity index (χ1) is 45.6. The van der Waals surface area contributed by atoms with E-state index in [2.05, 4.69) is 350 Å². The van der Waals surface area contributed by atoms with Gasteiger partial charge in [0.1, 0.15) is 0 Å². The summed E-state index contributed by atoms with van der Waals surface area (Å²) in [7, 11) is 0. The van der Waals surface area contributed by atoms with E-state index in [1.807, 2.05) is 22.7 Å². The molecule has 18 aromatic rings. The third kappa shape index (κ3) is 9.30. The number of benzene rings is 16. The fourth-order valence-electron chi connectivity index (χ4n) is 14.1. The summed E-state index contributed by atoms with van der Waals surface area (Å²) in [5.41, 5.74) is 18.5. The van der Waals surface area contributed by atoms with E-state index in [0.29, 0.717) is 0 Å². The Morgan fingerprint density at radius 2 is 0.620 bits per heavy atom. The number of hydrogen-bond donors (Lipinski definition) is 0. The van der Waals surface area contributed by atoms with Crippen LogP contribution in [0.1, 0.15) is 0 Å². The molecule has 0 unspecified atom stereocenters. The second-order valence-electron chi connectivity index (χ2n) is 23.9. The van der Waals surface area contributed by atoms with Gasteiger partial charge in [-0.1, -0.05) is 243 Å². The number of fused-ring (bicyclic) bond motifs is 12. The number of hydrogen-bond acceptors (Lipinski definition) is 4. The van der Waals surface area contributed by atoms with Gasteiger partial charge in [-0.2, -0.15) is 0 Å². The third-order valence-electron chi connectivity index (χ3n) is 18.6. The Hall–Kier alpha value is -11.4. The lowest BCUT2D eigenvalue weighted by Gasteiger charge is -2.28. The third-order valence-corrected chi connectivity index (χ3v) is 21.0. The van der Waals surface area contributed by atoms with Crippen molar-refractivity contribution in [3.63, 3.8) is 0 Å². The van der Waals surface area contributed by atoms with E-state index in [0.717, 1.165) is 34.1 Å². The standard InChI is InChI=1S/C88H56N2S2/c1-3-17-57(18-4-1)63-22-15-23-70(51-63)89(71-47-49-74-65(52-71)37-34-59-21-7-8-24-73(59)74)68-43-41-62(42-44-68)82-55-67(56-83-79-27-11-14-32-86(79)92-88(82)83)64-36-33-61-35-38-66-53-72(48-50-75(66)81(61)54-64)90(84-30-12-9-25-76(84)58-19-5-2-6-20-58)69-45-39-60(40-46-69)77-28-16-29-80-78-26-10-13-31-85(78)91-87(77)80/h1-56H. The molecule has 92 heavy (non-hydrogen) atoms. The van der Waals surface area contributed by atoms with Gasteiger partial charge in [0.2, 0.25) is 0 Å². The van der Waals surface area contributed by atoms with E-state index in [9.17, 15) is 0 Å². The first-order valence-electron chi connectivity index (χ1n) is 31.4. The summed E-state index contributed by atoms with van der Waals surface area (Å²) in [4.78, 5) is 4.85. The fraction of sp³-hybridized carbons (Fsp3) is 0. The van der Waals surface area contributed by atoms with Gasteiger partial charge in [0.05, 0.1) is 5.69 Å². The van der Waals surface area contributed by atoms with Crippen LogP contribution in [0.15, 0.2) is 340 Å². The second kappa shape index (κ2) is 22.3. The minimum absolute atomic E-state index is 1.09. The van der Waals surface area contributed by atoms with Gasteiger partial charge in [0.15, 0.2) is 0 Å². The number of rotatable bonds is 11. The van der Waals surface area contributed by atoms with Crippen molar-refractivity contribution in [1.29, 1.82) is 0 Å². The average molecular weight is 1210 g/mol. The van der Waals surface area contributed by atoms with E-state index in [1.165, 1.54) is 139 Å². The largest absolute Gasteiger partial charge is 0.310 e. The zero-order valence-corrected chi connectivity index (χ0v) is 51.7. The van der Waals surface area contributed by atoms with E-state index in [1.54, 1.807) is 0 Å². The predicted molar refractivity (Wildman–Crippen MR) is 399 cm³/mol. The lowest BCUT2D eigenvalue weighted by Crippen LogP contribution is -2.11. The second-order valence-corrected chi connectivity index (χ2v) is 26.0. The number of thiophene rings is 2. The van der Waals surface area contributed by atoms with Crippen LogP contribution < -0.4 is 9.80 Å². The molecule has 0 aliphatic heterocycles. The van der Waals surface area contributed by atoms with Gasteiger partial charge in [0.25, 0.3) is 0 Å². The molecule has 0 N–H and O–H groups in total. The van der Waals surface area contributed by atoms with Crippen LogP contribution in [0.5, 0.6) is 0 Å². The summed E-state index contributed by atoms with van der Waals surface area (Å²) < 4.78 is 5.21. The highest BCUT2D eigenvalue weighted by molar-refractivity contribution is 7.26. The molecule has 2 nitrogen and oxygen atoms in total. The van der Waals surface area contributed by atoms with E-state index in [-0.39, 0.29) is 0 Å². The molecule has 0 saturated heterocycles. The maximum Gasteiger partial charge on any atom is 0.0540 e. The zero-order chi connectivity index (χ0) is 60.6. The normalized spacial score (nSPS) is 11.7. The molecule has 0 amide bonds. The van der Waals surface area contributed by atoms with Crippen molar-refractivity contribution in [2.45, 2.75) is 0 Å². The quantitative estimate of drug-likeness (QED) is 0.119. The van der Waals surface area contributed by atoms with Crippen LogP contribution in [0, 0.1) is 0 Å². The van der Waals surface area contributed by atoms with Gasteiger partial charge in [0, 0.05) is 79.9 Å². The van der Waals surface area contributed by atoms with Crippen molar-refractivity contribution in [2.24, 2.45) is 0 Å². The maximum atomic E-state index is 2.44.